The first-order valence-electron chi connectivity index (χ1n) is 11.3. The molecule has 1 N–H and O–H groups in total. The number of halogens is 1. The number of amides is 1. The van der Waals surface area contributed by atoms with E-state index in [1.165, 1.54) is 4.31 Å². The SMILES string of the molecule is CC(C)(C)c1ccccc1OCCNC(=O)[C@H]1CCCN(S(=O)(=O)Cc2ccc(Cl)cc2)C1. The molecule has 2 aromatic carbocycles. The molecule has 0 aromatic heterocycles. The third kappa shape index (κ3) is 7.19. The van der Waals surface area contributed by atoms with Gasteiger partial charge in [-0.1, -0.05) is 62.7 Å². The highest BCUT2D eigenvalue weighted by atomic mass is 35.5. The van der Waals surface area contributed by atoms with E-state index in [4.69, 9.17) is 16.3 Å². The molecule has 0 spiro atoms. The van der Waals surface area contributed by atoms with E-state index >= 15 is 0 Å². The van der Waals surface area contributed by atoms with Crippen LogP contribution in [0.3, 0.4) is 0 Å². The molecule has 6 nitrogen and oxygen atoms in total. The maximum absolute atomic E-state index is 12.9. The zero-order valence-corrected chi connectivity index (χ0v) is 21.1. The molecule has 8 heteroatoms. The van der Waals surface area contributed by atoms with Gasteiger partial charge in [0.1, 0.15) is 12.4 Å². The van der Waals surface area contributed by atoms with Gasteiger partial charge < -0.3 is 10.1 Å². The van der Waals surface area contributed by atoms with Crippen molar-refractivity contribution in [1.82, 2.24) is 9.62 Å². The molecule has 180 valence electrons. The standard InChI is InChI=1S/C25H33ClN2O4S/c1-25(2,3)22-8-4-5-9-23(22)32-16-14-27-24(29)20-7-6-15-28(17-20)33(30,31)18-19-10-12-21(26)13-11-19/h4-5,8-13,20H,6-7,14-18H2,1-3H3,(H,27,29)/t20-/m0/s1. The van der Waals surface area contributed by atoms with Crippen LogP contribution >= 0.6 is 11.6 Å². The monoisotopic (exact) mass is 492 g/mol. The summed E-state index contributed by atoms with van der Waals surface area (Å²) in [5.74, 6) is 0.227. The zero-order valence-electron chi connectivity index (χ0n) is 19.5. The third-order valence-corrected chi connectivity index (χ3v) is 7.83. The summed E-state index contributed by atoms with van der Waals surface area (Å²) in [6, 6.07) is 14.7. The lowest BCUT2D eigenvalue weighted by atomic mass is 9.86. The van der Waals surface area contributed by atoms with Gasteiger partial charge in [0.05, 0.1) is 18.2 Å². The van der Waals surface area contributed by atoms with Crippen molar-refractivity contribution in [2.75, 3.05) is 26.2 Å². The maximum atomic E-state index is 12.9. The summed E-state index contributed by atoms with van der Waals surface area (Å²) >= 11 is 5.89. The van der Waals surface area contributed by atoms with E-state index in [0.29, 0.717) is 43.1 Å². The van der Waals surface area contributed by atoms with Gasteiger partial charge in [-0.25, -0.2) is 12.7 Å². The lowest BCUT2D eigenvalue weighted by Gasteiger charge is -2.31. The van der Waals surface area contributed by atoms with Crippen LogP contribution in [0.25, 0.3) is 0 Å². The van der Waals surface area contributed by atoms with Crippen molar-refractivity contribution in [3.8, 4) is 5.75 Å². The fourth-order valence-electron chi connectivity index (χ4n) is 3.98. The number of hydrogen-bond donors (Lipinski definition) is 1. The normalized spacial score (nSPS) is 17.5. The van der Waals surface area contributed by atoms with Gasteiger partial charge in [0, 0.05) is 18.1 Å². The summed E-state index contributed by atoms with van der Waals surface area (Å²) in [5, 5.41) is 3.48. The Hall–Kier alpha value is -2.09. The number of rotatable bonds is 8. The minimum absolute atomic E-state index is 0.0388. The van der Waals surface area contributed by atoms with E-state index in [0.717, 1.165) is 11.3 Å². The van der Waals surface area contributed by atoms with Gasteiger partial charge in [-0.15, -0.1) is 0 Å². The highest BCUT2D eigenvalue weighted by molar-refractivity contribution is 7.88. The lowest BCUT2D eigenvalue weighted by molar-refractivity contribution is -0.126. The number of hydrogen-bond acceptors (Lipinski definition) is 4. The van der Waals surface area contributed by atoms with E-state index in [1.807, 2.05) is 18.2 Å². The van der Waals surface area contributed by atoms with Gasteiger partial charge >= 0.3 is 0 Å². The van der Waals surface area contributed by atoms with Crippen LogP contribution in [0.2, 0.25) is 5.02 Å². The Labute approximate surface area is 202 Å². The van der Waals surface area contributed by atoms with E-state index in [-0.39, 0.29) is 29.5 Å². The second kappa shape index (κ2) is 10.9. The molecule has 1 aliphatic rings. The average molecular weight is 493 g/mol. The summed E-state index contributed by atoms with van der Waals surface area (Å²) in [7, 11) is -3.51. The number of nitrogens with one attached hydrogen (secondary N) is 1. The number of benzene rings is 2. The summed E-state index contributed by atoms with van der Waals surface area (Å²) in [5.41, 5.74) is 1.76. The number of piperidine rings is 1. The minimum Gasteiger partial charge on any atom is -0.491 e. The van der Waals surface area contributed by atoms with Crippen LogP contribution in [-0.2, 0) is 26.0 Å². The van der Waals surface area contributed by atoms with Crippen molar-refractivity contribution in [1.29, 1.82) is 0 Å². The van der Waals surface area contributed by atoms with Gasteiger partial charge in [0.2, 0.25) is 15.9 Å². The van der Waals surface area contributed by atoms with Crippen LogP contribution < -0.4 is 10.1 Å². The first-order chi connectivity index (χ1) is 15.6. The Morgan fingerprint density at radius 1 is 1.15 bits per heavy atom. The van der Waals surface area contributed by atoms with E-state index in [2.05, 4.69) is 32.2 Å². The predicted octanol–water partition coefficient (Wildman–Crippen LogP) is 4.37. The van der Waals surface area contributed by atoms with Gasteiger partial charge in [-0.3, -0.25) is 4.79 Å². The molecule has 2 aromatic rings. The second-order valence-corrected chi connectivity index (χ2v) is 11.9. The number of para-hydroxylation sites is 1. The first kappa shape index (κ1) is 25.5. The molecule has 1 fully saturated rings. The molecule has 1 atom stereocenters. The smallest absolute Gasteiger partial charge is 0.224 e. The van der Waals surface area contributed by atoms with Crippen LogP contribution in [0, 0.1) is 5.92 Å². The molecule has 1 saturated heterocycles. The summed E-state index contributed by atoms with van der Waals surface area (Å²) in [4.78, 5) is 12.7. The quantitative estimate of drug-likeness (QED) is 0.555. The Morgan fingerprint density at radius 2 is 1.85 bits per heavy atom. The molecule has 3 rings (SSSR count). The van der Waals surface area contributed by atoms with E-state index in [9.17, 15) is 13.2 Å². The zero-order chi connectivity index (χ0) is 24.1. The fourth-order valence-corrected chi connectivity index (χ4v) is 5.72. The van der Waals surface area contributed by atoms with Crippen molar-refractivity contribution in [3.05, 3.63) is 64.7 Å². The van der Waals surface area contributed by atoms with Crippen LogP contribution in [0.5, 0.6) is 5.75 Å². The molecule has 0 radical (unpaired) electrons. The first-order valence-corrected chi connectivity index (χ1v) is 13.3. The van der Waals surface area contributed by atoms with Crippen LogP contribution in [0.1, 0.15) is 44.7 Å². The van der Waals surface area contributed by atoms with Crippen LogP contribution in [-0.4, -0.2) is 44.9 Å². The highest BCUT2D eigenvalue weighted by Crippen LogP contribution is 2.30. The number of sulfonamides is 1. The maximum Gasteiger partial charge on any atom is 0.224 e. The van der Waals surface area contributed by atoms with E-state index in [1.54, 1.807) is 24.3 Å². The Morgan fingerprint density at radius 3 is 2.55 bits per heavy atom. The van der Waals surface area contributed by atoms with Crippen LogP contribution in [0.4, 0.5) is 0 Å². The summed E-state index contributed by atoms with van der Waals surface area (Å²) in [6.45, 7) is 7.75. The molecule has 0 unspecified atom stereocenters. The average Bonchev–Trinajstić information content (AvgIpc) is 2.78. The van der Waals surface area contributed by atoms with Crippen molar-refractivity contribution in [3.63, 3.8) is 0 Å². The van der Waals surface area contributed by atoms with Crippen molar-refractivity contribution < 1.29 is 17.9 Å². The Bertz CT molecular complexity index is 1050. The van der Waals surface area contributed by atoms with Crippen molar-refractivity contribution in [2.24, 2.45) is 5.92 Å². The van der Waals surface area contributed by atoms with E-state index < -0.39 is 10.0 Å². The van der Waals surface area contributed by atoms with Gasteiger partial charge in [-0.2, -0.15) is 0 Å². The molecule has 0 aliphatic carbocycles. The van der Waals surface area contributed by atoms with Crippen molar-refractivity contribution >= 4 is 27.5 Å². The minimum atomic E-state index is -3.51. The second-order valence-electron chi connectivity index (χ2n) is 9.47. The highest BCUT2D eigenvalue weighted by Gasteiger charge is 2.32. The molecule has 33 heavy (non-hydrogen) atoms. The summed E-state index contributed by atoms with van der Waals surface area (Å²) < 4.78 is 33.1. The molecular formula is C25H33ClN2O4S. The van der Waals surface area contributed by atoms with Gasteiger partial charge in [0.25, 0.3) is 0 Å². The number of carbonyl (C=O) groups excluding carboxylic acids is 1. The molecule has 1 amide bonds. The summed E-state index contributed by atoms with van der Waals surface area (Å²) in [6.07, 6.45) is 1.33. The topological polar surface area (TPSA) is 75.7 Å². The molecule has 0 saturated carbocycles. The molecule has 1 aliphatic heterocycles. The van der Waals surface area contributed by atoms with Gasteiger partial charge in [-0.05, 0) is 47.6 Å². The number of carbonyl (C=O) groups is 1. The van der Waals surface area contributed by atoms with Crippen LogP contribution in [0.15, 0.2) is 48.5 Å². The fraction of sp³-hybridized carbons (Fsp3) is 0.480. The Kier molecular flexibility index (Phi) is 8.43. The predicted molar refractivity (Wildman–Crippen MR) is 132 cm³/mol. The van der Waals surface area contributed by atoms with Gasteiger partial charge in [0.15, 0.2) is 0 Å². The molecular weight excluding hydrogens is 460 g/mol. The third-order valence-electron chi connectivity index (χ3n) is 5.76. The number of nitrogens with zero attached hydrogens (tertiary/aromatic N) is 1. The lowest BCUT2D eigenvalue weighted by Crippen LogP contribution is -2.46. The number of ether oxygens (including phenoxy) is 1. The molecule has 1 heterocycles. The molecule has 0 bridgehead atoms. The largest absolute Gasteiger partial charge is 0.491 e. The Balaban J connectivity index is 1.50. The van der Waals surface area contributed by atoms with Crippen molar-refractivity contribution in [2.45, 2.75) is 44.8 Å².